The Balaban J connectivity index is 1.69. The summed E-state index contributed by atoms with van der Waals surface area (Å²) in [6, 6.07) is 1.19. The summed E-state index contributed by atoms with van der Waals surface area (Å²) in [5, 5.41) is 6.09. The van der Waals surface area contributed by atoms with Gasteiger partial charge in [0.15, 0.2) is 0 Å². The normalized spacial score (nSPS) is 23.2. The molecule has 1 fully saturated rings. The first-order valence-electron chi connectivity index (χ1n) is 8.55. The second kappa shape index (κ2) is 7.27. The first-order chi connectivity index (χ1) is 11.8. The topological polar surface area (TPSA) is 120 Å². The number of rotatable bonds is 5. The van der Waals surface area contributed by atoms with Gasteiger partial charge < -0.3 is 15.6 Å². The number of carbonyl (C=O) groups excluding carboxylic acids is 1. The number of nitrogens with one attached hydrogen (secondary N) is 4. The molecule has 138 valence electrons. The van der Waals surface area contributed by atoms with Gasteiger partial charge in [0.2, 0.25) is 15.6 Å². The van der Waals surface area contributed by atoms with E-state index in [0.717, 1.165) is 43.3 Å². The number of H-pyrrole nitrogens is 1. The van der Waals surface area contributed by atoms with Crippen molar-refractivity contribution in [3.8, 4) is 0 Å². The summed E-state index contributed by atoms with van der Waals surface area (Å²) in [4.78, 5) is 27.2. The van der Waals surface area contributed by atoms with Crippen LogP contribution >= 0.6 is 0 Å². The molecule has 0 bridgehead atoms. The van der Waals surface area contributed by atoms with Gasteiger partial charge in [0, 0.05) is 43.9 Å². The highest BCUT2D eigenvalue weighted by Gasteiger charge is 2.30. The predicted octanol–water partition coefficient (Wildman–Crippen LogP) is -0.532. The zero-order chi connectivity index (χ0) is 18.0. The summed E-state index contributed by atoms with van der Waals surface area (Å²) in [6.07, 6.45) is 4.41. The second-order valence-corrected chi connectivity index (χ2v) is 8.61. The van der Waals surface area contributed by atoms with Gasteiger partial charge in [-0.3, -0.25) is 9.59 Å². The van der Waals surface area contributed by atoms with Gasteiger partial charge in [0.25, 0.3) is 5.91 Å². The molecule has 0 aromatic carbocycles. The molecule has 8 nitrogen and oxygen atoms in total. The maximum Gasteiger partial charge on any atom is 0.251 e. The fraction of sp³-hybridized carbons (Fsp3) is 0.625. The van der Waals surface area contributed by atoms with Gasteiger partial charge in [0.1, 0.15) is 0 Å². The fourth-order valence-electron chi connectivity index (χ4n) is 3.72. The van der Waals surface area contributed by atoms with Crippen LogP contribution in [0.3, 0.4) is 0 Å². The molecule has 2 atom stereocenters. The summed E-state index contributed by atoms with van der Waals surface area (Å²) in [5.41, 5.74) is 1.77. The van der Waals surface area contributed by atoms with Crippen molar-refractivity contribution in [2.45, 2.75) is 38.3 Å². The molecule has 4 N–H and O–H groups in total. The highest BCUT2D eigenvalue weighted by molar-refractivity contribution is 7.88. The molecule has 9 heteroatoms. The molecule has 1 aliphatic heterocycles. The summed E-state index contributed by atoms with van der Waals surface area (Å²) >= 11 is 0. The van der Waals surface area contributed by atoms with Crippen LogP contribution in [0.2, 0.25) is 0 Å². The Labute approximate surface area is 146 Å². The minimum atomic E-state index is -3.27. The maximum absolute atomic E-state index is 12.6. The zero-order valence-corrected chi connectivity index (χ0v) is 15.0. The van der Waals surface area contributed by atoms with E-state index in [1.807, 2.05) is 0 Å². The van der Waals surface area contributed by atoms with E-state index in [0.29, 0.717) is 25.1 Å². The van der Waals surface area contributed by atoms with Crippen LogP contribution in [0.1, 0.15) is 40.9 Å². The predicted molar refractivity (Wildman–Crippen MR) is 93.9 cm³/mol. The molecule has 1 saturated carbocycles. The highest BCUT2D eigenvalue weighted by atomic mass is 32.2. The maximum atomic E-state index is 12.6. The monoisotopic (exact) mass is 368 g/mol. The Hall–Kier alpha value is -1.71. The second-order valence-electron chi connectivity index (χ2n) is 6.83. The van der Waals surface area contributed by atoms with Crippen LogP contribution in [0.4, 0.5) is 0 Å². The first kappa shape index (κ1) is 18.1. The SMILES string of the molecule is CS(=O)(=O)NC1CCCC1CNC(=O)c1cc(=O)[nH]c2c1CNCC2. The molecule has 3 rings (SSSR count). The zero-order valence-electron chi connectivity index (χ0n) is 14.2. The van der Waals surface area contributed by atoms with E-state index in [2.05, 4.69) is 20.3 Å². The smallest absolute Gasteiger partial charge is 0.251 e. The van der Waals surface area contributed by atoms with E-state index in [4.69, 9.17) is 0 Å². The van der Waals surface area contributed by atoms with Gasteiger partial charge >= 0.3 is 0 Å². The standard InChI is InChI=1S/C16H24N4O4S/c1-25(23,24)20-13-4-2-3-10(13)8-18-16(22)11-7-15(21)19-14-5-6-17-9-12(11)14/h7,10,13,17,20H,2-6,8-9H2,1H3,(H,18,22)(H,19,21). The summed E-state index contributed by atoms with van der Waals surface area (Å²) in [7, 11) is -3.27. The van der Waals surface area contributed by atoms with Gasteiger partial charge in [-0.15, -0.1) is 0 Å². The van der Waals surface area contributed by atoms with Gasteiger partial charge in [-0.1, -0.05) is 6.42 Å². The van der Waals surface area contributed by atoms with E-state index < -0.39 is 10.0 Å². The van der Waals surface area contributed by atoms with Gasteiger partial charge in [-0.25, -0.2) is 13.1 Å². The number of amides is 1. The molecule has 0 spiro atoms. The number of pyridine rings is 1. The molecule has 0 radical (unpaired) electrons. The summed E-state index contributed by atoms with van der Waals surface area (Å²) < 4.78 is 25.5. The minimum Gasteiger partial charge on any atom is -0.352 e. The van der Waals surface area contributed by atoms with Crippen molar-refractivity contribution in [1.29, 1.82) is 0 Å². The van der Waals surface area contributed by atoms with Crippen LogP contribution in [0.25, 0.3) is 0 Å². The average Bonchev–Trinajstić information content (AvgIpc) is 2.96. The van der Waals surface area contributed by atoms with E-state index in [1.165, 1.54) is 6.07 Å². The van der Waals surface area contributed by atoms with E-state index in [1.54, 1.807) is 0 Å². The van der Waals surface area contributed by atoms with Crippen molar-refractivity contribution in [3.63, 3.8) is 0 Å². The third-order valence-corrected chi connectivity index (χ3v) is 5.62. The number of carbonyl (C=O) groups is 1. The Morgan fingerprint density at radius 2 is 2.16 bits per heavy atom. The van der Waals surface area contributed by atoms with Crippen LogP contribution in [-0.2, 0) is 23.0 Å². The van der Waals surface area contributed by atoms with E-state index in [-0.39, 0.29) is 23.4 Å². The van der Waals surface area contributed by atoms with Crippen LogP contribution in [0.5, 0.6) is 0 Å². The Kier molecular flexibility index (Phi) is 5.26. The largest absolute Gasteiger partial charge is 0.352 e. The molecular weight excluding hydrogens is 344 g/mol. The Morgan fingerprint density at radius 1 is 1.36 bits per heavy atom. The molecule has 0 saturated heterocycles. The summed E-state index contributed by atoms with van der Waals surface area (Å²) in [6.45, 7) is 1.71. The Morgan fingerprint density at radius 3 is 2.92 bits per heavy atom. The Bertz CT molecular complexity index is 818. The van der Waals surface area contributed by atoms with Gasteiger partial charge in [0.05, 0.1) is 11.8 Å². The van der Waals surface area contributed by atoms with Crippen molar-refractivity contribution >= 4 is 15.9 Å². The van der Waals surface area contributed by atoms with E-state index in [9.17, 15) is 18.0 Å². The van der Waals surface area contributed by atoms with Crippen molar-refractivity contribution in [2.24, 2.45) is 5.92 Å². The molecule has 2 aliphatic rings. The molecular formula is C16H24N4O4S. The summed E-state index contributed by atoms with van der Waals surface area (Å²) in [5.74, 6) is -0.217. The molecule has 1 amide bonds. The number of fused-ring (bicyclic) bond motifs is 1. The third kappa shape index (κ3) is 4.47. The van der Waals surface area contributed by atoms with Crippen molar-refractivity contribution < 1.29 is 13.2 Å². The number of aromatic nitrogens is 1. The van der Waals surface area contributed by atoms with Crippen LogP contribution in [0, 0.1) is 5.92 Å². The number of hydrogen-bond donors (Lipinski definition) is 4. The van der Waals surface area contributed by atoms with Crippen molar-refractivity contribution in [1.82, 2.24) is 20.3 Å². The number of sulfonamides is 1. The van der Waals surface area contributed by atoms with Gasteiger partial charge in [-0.2, -0.15) is 0 Å². The lowest BCUT2D eigenvalue weighted by molar-refractivity contribution is 0.0944. The quantitative estimate of drug-likeness (QED) is 0.557. The molecule has 1 aromatic heterocycles. The van der Waals surface area contributed by atoms with Crippen LogP contribution in [0.15, 0.2) is 10.9 Å². The van der Waals surface area contributed by atoms with Crippen LogP contribution < -0.4 is 20.9 Å². The molecule has 25 heavy (non-hydrogen) atoms. The molecule has 1 aromatic rings. The fourth-order valence-corrected chi connectivity index (χ4v) is 4.58. The number of hydrogen-bond acceptors (Lipinski definition) is 5. The van der Waals surface area contributed by atoms with Gasteiger partial charge in [-0.05, 0) is 24.3 Å². The highest BCUT2D eigenvalue weighted by Crippen LogP contribution is 2.25. The number of aromatic amines is 1. The van der Waals surface area contributed by atoms with Crippen molar-refractivity contribution in [2.75, 3.05) is 19.3 Å². The third-order valence-electron chi connectivity index (χ3n) is 4.89. The van der Waals surface area contributed by atoms with Crippen LogP contribution in [-0.4, -0.2) is 44.7 Å². The molecule has 1 aliphatic carbocycles. The average molecular weight is 368 g/mol. The molecule has 2 unspecified atom stereocenters. The minimum absolute atomic E-state index is 0.0645. The van der Waals surface area contributed by atoms with Crippen molar-refractivity contribution in [3.05, 3.63) is 33.2 Å². The lowest BCUT2D eigenvalue weighted by atomic mass is 10.00. The lowest BCUT2D eigenvalue weighted by Crippen LogP contribution is -2.42. The molecule has 2 heterocycles. The first-order valence-corrected chi connectivity index (χ1v) is 10.4. The lowest BCUT2D eigenvalue weighted by Gasteiger charge is -2.22. The van der Waals surface area contributed by atoms with E-state index >= 15 is 0 Å².